The van der Waals surface area contributed by atoms with Gasteiger partial charge in [0.2, 0.25) is 11.8 Å². The molecule has 2 atom stereocenters. The minimum Gasteiger partial charge on any atom is -0.352 e. The van der Waals surface area contributed by atoms with E-state index in [9.17, 15) is 22.8 Å². The minimum atomic E-state index is -4.40. The first-order valence-electron chi connectivity index (χ1n) is 9.79. The Morgan fingerprint density at radius 1 is 1.07 bits per heavy atom. The summed E-state index contributed by atoms with van der Waals surface area (Å²) in [6.45, 7) is 2.59. The van der Waals surface area contributed by atoms with Crippen LogP contribution in [0, 0.1) is 5.92 Å². The maximum absolute atomic E-state index is 13.2. The number of benzene rings is 1. The third-order valence-corrected chi connectivity index (χ3v) is 5.77. The highest BCUT2D eigenvalue weighted by molar-refractivity contribution is 5.83. The number of hydrogen-bond acceptors (Lipinski definition) is 3. The van der Waals surface area contributed by atoms with Crippen LogP contribution in [0.5, 0.6) is 0 Å². The van der Waals surface area contributed by atoms with Crippen LogP contribution in [0.1, 0.15) is 36.3 Å². The number of carbonyl (C=O) groups excluding carboxylic acids is 2. The van der Waals surface area contributed by atoms with Crippen LogP contribution in [0.3, 0.4) is 0 Å². The Kier molecular flexibility index (Phi) is 5.07. The fourth-order valence-corrected chi connectivity index (χ4v) is 3.96. The second-order valence-electron chi connectivity index (χ2n) is 7.98. The molecule has 8 heteroatoms. The average molecular weight is 395 g/mol. The molecule has 2 amide bonds. The van der Waals surface area contributed by atoms with Gasteiger partial charge in [-0.2, -0.15) is 13.2 Å². The van der Waals surface area contributed by atoms with Crippen molar-refractivity contribution < 1.29 is 22.8 Å². The van der Waals surface area contributed by atoms with Gasteiger partial charge >= 0.3 is 6.18 Å². The summed E-state index contributed by atoms with van der Waals surface area (Å²) in [5.74, 6) is -0.766. The molecule has 5 nitrogen and oxygen atoms in total. The number of amides is 2. The summed E-state index contributed by atoms with van der Waals surface area (Å²) in [7, 11) is 0. The van der Waals surface area contributed by atoms with E-state index >= 15 is 0 Å². The zero-order valence-corrected chi connectivity index (χ0v) is 15.5. The number of nitrogens with one attached hydrogen (secondary N) is 1. The average Bonchev–Trinajstić information content (AvgIpc) is 3.56. The topological polar surface area (TPSA) is 52.7 Å². The number of nitrogens with zero attached hydrogens (tertiary/aromatic N) is 2. The normalized spacial score (nSPS) is 25.5. The highest BCUT2D eigenvalue weighted by Gasteiger charge is 2.49. The predicted molar refractivity (Wildman–Crippen MR) is 96.5 cm³/mol. The van der Waals surface area contributed by atoms with Crippen LogP contribution < -0.4 is 5.32 Å². The summed E-state index contributed by atoms with van der Waals surface area (Å²) >= 11 is 0. The van der Waals surface area contributed by atoms with Crippen molar-refractivity contribution in [1.29, 1.82) is 0 Å². The molecule has 0 aromatic heterocycles. The molecule has 1 aromatic carbocycles. The largest absolute Gasteiger partial charge is 0.416 e. The SMILES string of the molecule is O=C(CN1CCN(C(=O)C2CC2c2ccccc2C(F)(F)F)CC1)NC1CC1. The Labute approximate surface area is 161 Å². The number of rotatable bonds is 5. The molecule has 1 aromatic rings. The summed E-state index contributed by atoms with van der Waals surface area (Å²) < 4.78 is 39.6. The number of piperazine rings is 1. The Morgan fingerprint density at radius 2 is 1.75 bits per heavy atom. The third-order valence-electron chi connectivity index (χ3n) is 5.77. The van der Waals surface area contributed by atoms with Crippen molar-refractivity contribution in [3.05, 3.63) is 35.4 Å². The Hall–Kier alpha value is -2.09. The maximum Gasteiger partial charge on any atom is 0.416 e. The summed E-state index contributed by atoms with van der Waals surface area (Å²) in [5.41, 5.74) is -0.412. The fraction of sp³-hybridized carbons (Fsp3) is 0.600. The van der Waals surface area contributed by atoms with Crippen molar-refractivity contribution in [1.82, 2.24) is 15.1 Å². The van der Waals surface area contributed by atoms with Crippen molar-refractivity contribution in [2.45, 2.75) is 37.4 Å². The molecule has 152 valence electrons. The molecule has 0 spiro atoms. The van der Waals surface area contributed by atoms with E-state index in [1.807, 2.05) is 4.90 Å². The molecule has 3 fully saturated rings. The first kappa shape index (κ1) is 19.2. The summed E-state index contributed by atoms with van der Waals surface area (Å²) in [6.07, 6.45) is -1.84. The van der Waals surface area contributed by atoms with Crippen LogP contribution in [0.15, 0.2) is 24.3 Å². The van der Waals surface area contributed by atoms with Crippen molar-refractivity contribution in [3.8, 4) is 0 Å². The van der Waals surface area contributed by atoms with E-state index in [4.69, 9.17) is 0 Å². The Bertz CT molecular complexity index is 755. The van der Waals surface area contributed by atoms with Gasteiger partial charge in [0, 0.05) is 38.1 Å². The van der Waals surface area contributed by atoms with Gasteiger partial charge in [-0.1, -0.05) is 18.2 Å². The quantitative estimate of drug-likeness (QED) is 0.832. The molecule has 1 N–H and O–H groups in total. The van der Waals surface area contributed by atoms with Crippen LogP contribution in [-0.4, -0.2) is 60.4 Å². The predicted octanol–water partition coefficient (Wildman–Crippen LogP) is 2.23. The minimum absolute atomic E-state index is 0.0216. The van der Waals surface area contributed by atoms with Gasteiger partial charge in [-0.25, -0.2) is 0 Å². The highest BCUT2D eigenvalue weighted by atomic mass is 19.4. The van der Waals surface area contributed by atoms with E-state index in [2.05, 4.69) is 5.32 Å². The molecule has 1 aliphatic heterocycles. The van der Waals surface area contributed by atoms with E-state index in [-0.39, 0.29) is 29.2 Å². The van der Waals surface area contributed by atoms with Gasteiger partial charge in [0.15, 0.2) is 0 Å². The van der Waals surface area contributed by atoms with Crippen LogP contribution in [0.4, 0.5) is 13.2 Å². The highest BCUT2D eigenvalue weighted by Crippen LogP contribution is 2.51. The van der Waals surface area contributed by atoms with Crippen LogP contribution >= 0.6 is 0 Å². The van der Waals surface area contributed by atoms with Crippen LogP contribution in [0.2, 0.25) is 0 Å². The van der Waals surface area contributed by atoms with E-state index in [1.165, 1.54) is 12.1 Å². The van der Waals surface area contributed by atoms with Gasteiger partial charge in [0.25, 0.3) is 0 Å². The molecule has 2 aliphatic carbocycles. The molecule has 3 aliphatic rings. The van der Waals surface area contributed by atoms with E-state index in [0.29, 0.717) is 45.2 Å². The van der Waals surface area contributed by atoms with Crippen molar-refractivity contribution in [2.24, 2.45) is 5.92 Å². The Balaban J connectivity index is 1.29. The summed E-state index contributed by atoms with van der Waals surface area (Å²) in [5, 5.41) is 2.95. The van der Waals surface area contributed by atoms with Gasteiger partial charge in [-0.15, -0.1) is 0 Å². The number of alkyl halides is 3. The number of carbonyl (C=O) groups is 2. The molecule has 1 saturated heterocycles. The van der Waals surface area contributed by atoms with Gasteiger partial charge in [-0.3, -0.25) is 14.5 Å². The molecular formula is C20H24F3N3O2. The first-order chi connectivity index (χ1) is 13.3. The lowest BCUT2D eigenvalue weighted by molar-refractivity contribution is -0.139. The van der Waals surface area contributed by atoms with E-state index < -0.39 is 11.7 Å². The standard InChI is InChI=1S/C20H24F3N3O2/c21-20(22,23)17-4-2-1-3-14(17)15-11-16(15)19(28)26-9-7-25(8-10-26)12-18(27)24-13-5-6-13/h1-4,13,15-16H,5-12H2,(H,24,27). The van der Waals surface area contributed by atoms with Crippen molar-refractivity contribution in [2.75, 3.05) is 32.7 Å². The fourth-order valence-electron chi connectivity index (χ4n) is 3.96. The number of hydrogen-bond donors (Lipinski definition) is 1. The smallest absolute Gasteiger partial charge is 0.352 e. The second-order valence-corrected chi connectivity index (χ2v) is 7.98. The third kappa shape index (κ3) is 4.32. The molecular weight excluding hydrogens is 371 g/mol. The monoisotopic (exact) mass is 395 g/mol. The molecule has 2 saturated carbocycles. The van der Waals surface area contributed by atoms with Gasteiger partial charge < -0.3 is 10.2 Å². The van der Waals surface area contributed by atoms with Gasteiger partial charge in [0.05, 0.1) is 12.1 Å². The van der Waals surface area contributed by atoms with Crippen molar-refractivity contribution in [3.63, 3.8) is 0 Å². The van der Waals surface area contributed by atoms with Gasteiger partial charge in [0.1, 0.15) is 0 Å². The zero-order valence-electron chi connectivity index (χ0n) is 15.5. The van der Waals surface area contributed by atoms with E-state index in [1.54, 1.807) is 11.0 Å². The molecule has 0 bridgehead atoms. The molecule has 2 unspecified atom stereocenters. The maximum atomic E-state index is 13.2. The first-order valence-corrected chi connectivity index (χ1v) is 9.79. The Morgan fingerprint density at radius 3 is 2.39 bits per heavy atom. The van der Waals surface area contributed by atoms with Gasteiger partial charge in [-0.05, 0) is 36.8 Å². The molecule has 0 radical (unpaired) electrons. The van der Waals surface area contributed by atoms with Crippen LogP contribution in [0.25, 0.3) is 0 Å². The summed E-state index contributed by atoms with van der Waals surface area (Å²) in [6, 6.07) is 5.87. The van der Waals surface area contributed by atoms with Crippen LogP contribution in [-0.2, 0) is 15.8 Å². The molecule has 4 rings (SSSR count). The second kappa shape index (κ2) is 7.39. The zero-order chi connectivity index (χ0) is 19.9. The lowest BCUT2D eigenvalue weighted by atomic mass is 10.0. The lowest BCUT2D eigenvalue weighted by Crippen LogP contribution is -2.51. The molecule has 1 heterocycles. The summed E-state index contributed by atoms with van der Waals surface area (Å²) in [4.78, 5) is 28.4. The lowest BCUT2D eigenvalue weighted by Gasteiger charge is -2.34. The molecule has 28 heavy (non-hydrogen) atoms. The van der Waals surface area contributed by atoms with Crippen molar-refractivity contribution >= 4 is 11.8 Å². The van der Waals surface area contributed by atoms with E-state index in [0.717, 1.165) is 18.9 Å². The number of halogens is 3.